The smallest absolute Gasteiger partial charge is 0.258 e. The topological polar surface area (TPSA) is 101 Å². The van der Waals surface area contributed by atoms with Crippen molar-refractivity contribution in [3.8, 4) is 0 Å². The number of aromatic nitrogens is 2. The second-order valence-corrected chi connectivity index (χ2v) is 8.27. The highest BCUT2D eigenvalue weighted by atomic mass is 32.2. The number of rotatable bonds is 6. The molecule has 152 valence electrons. The number of hydrogen-bond acceptors (Lipinski definition) is 5. The lowest BCUT2D eigenvalue weighted by molar-refractivity contribution is 0.102. The molecule has 1 amide bonds. The minimum absolute atomic E-state index is 0.109. The fourth-order valence-electron chi connectivity index (χ4n) is 2.84. The van der Waals surface area contributed by atoms with Gasteiger partial charge in [-0.25, -0.2) is 27.2 Å². The maximum atomic E-state index is 14.8. The minimum Gasteiger partial charge on any atom is -0.317 e. The largest absolute Gasteiger partial charge is 0.317 e. The average molecular weight is 420 g/mol. The highest BCUT2D eigenvalue weighted by molar-refractivity contribution is 7.92. The molecule has 0 unspecified atom stereocenters. The van der Waals surface area contributed by atoms with Gasteiger partial charge in [0, 0.05) is 11.6 Å². The van der Waals surface area contributed by atoms with Crippen LogP contribution in [0.1, 0.15) is 29.3 Å². The van der Waals surface area contributed by atoms with Gasteiger partial charge in [0.25, 0.3) is 5.91 Å². The molecule has 29 heavy (non-hydrogen) atoms. The van der Waals surface area contributed by atoms with Gasteiger partial charge in [-0.2, -0.15) is 0 Å². The van der Waals surface area contributed by atoms with Gasteiger partial charge in [0.05, 0.1) is 22.5 Å². The number of carbonyl (C=O) groups excluding carboxylic acids is 1. The van der Waals surface area contributed by atoms with E-state index in [9.17, 15) is 22.0 Å². The predicted molar refractivity (Wildman–Crippen MR) is 106 cm³/mol. The van der Waals surface area contributed by atoms with Crippen molar-refractivity contribution >= 4 is 38.2 Å². The molecular weight excluding hydrogens is 402 g/mol. The Morgan fingerprint density at radius 3 is 2.69 bits per heavy atom. The number of amides is 1. The van der Waals surface area contributed by atoms with Gasteiger partial charge in [-0.15, -0.1) is 0 Å². The van der Waals surface area contributed by atoms with Crippen molar-refractivity contribution in [2.45, 2.75) is 20.3 Å². The highest BCUT2D eigenvalue weighted by Gasteiger charge is 2.21. The summed E-state index contributed by atoms with van der Waals surface area (Å²) in [6.07, 6.45) is 3.11. The SMILES string of the molecule is CCCS(=O)(=O)Nc1ccc(F)c(NC(=O)c2cc(C)cc3cncnc23)c1F. The molecule has 2 N–H and O–H groups in total. The molecule has 0 aliphatic heterocycles. The van der Waals surface area contributed by atoms with E-state index in [-0.39, 0.29) is 11.3 Å². The van der Waals surface area contributed by atoms with E-state index in [2.05, 4.69) is 20.0 Å². The van der Waals surface area contributed by atoms with Crippen LogP contribution in [0.4, 0.5) is 20.2 Å². The predicted octanol–water partition coefficient (Wildman–Crippen LogP) is 3.62. The molecule has 0 aliphatic rings. The molecule has 10 heteroatoms. The molecule has 3 aromatic rings. The quantitative estimate of drug-likeness (QED) is 0.634. The van der Waals surface area contributed by atoms with E-state index in [0.29, 0.717) is 17.3 Å². The number of fused-ring (bicyclic) bond motifs is 1. The third kappa shape index (κ3) is 4.48. The van der Waals surface area contributed by atoms with Crippen molar-refractivity contribution < 1.29 is 22.0 Å². The Kier molecular flexibility index (Phi) is 5.73. The van der Waals surface area contributed by atoms with Gasteiger partial charge < -0.3 is 5.32 Å². The first-order valence-electron chi connectivity index (χ1n) is 8.72. The normalized spacial score (nSPS) is 11.4. The lowest BCUT2D eigenvalue weighted by Crippen LogP contribution is -2.19. The van der Waals surface area contributed by atoms with Crippen LogP contribution in [0.3, 0.4) is 0 Å². The van der Waals surface area contributed by atoms with E-state index >= 15 is 0 Å². The number of nitrogens with zero attached hydrogens (tertiary/aromatic N) is 2. The monoisotopic (exact) mass is 420 g/mol. The Hall–Kier alpha value is -3.14. The van der Waals surface area contributed by atoms with Gasteiger partial charge in [0.15, 0.2) is 5.82 Å². The highest BCUT2D eigenvalue weighted by Crippen LogP contribution is 2.28. The van der Waals surface area contributed by atoms with Crippen LogP contribution in [0.15, 0.2) is 36.8 Å². The Bertz CT molecular complexity index is 1200. The van der Waals surface area contributed by atoms with Gasteiger partial charge in [0.1, 0.15) is 17.8 Å². The van der Waals surface area contributed by atoms with Crippen LogP contribution in [-0.4, -0.2) is 30.0 Å². The molecule has 0 aliphatic carbocycles. The van der Waals surface area contributed by atoms with Crippen molar-refractivity contribution in [2.24, 2.45) is 0 Å². The number of carbonyl (C=O) groups is 1. The van der Waals surface area contributed by atoms with Crippen molar-refractivity contribution in [1.29, 1.82) is 0 Å². The number of anilines is 2. The lowest BCUT2D eigenvalue weighted by atomic mass is 10.1. The van der Waals surface area contributed by atoms with E-state index < -0.39 is 38.9 Å². The summed E-state index contributed by atoms with van der Waals surface area (Å²) in [5.41, 5.74) is -0.0386. The molecule has 0 spiro atoms. The molecule has 0 saturated heterocycles. The third-order valence-corrected chi connectivity index (χ3v) is 5.54. The summed E-state index contributed by atoms with van der Waals surface area (Å²) >= 11 is 0. The van der Waals surface area contributed by atoms with E-state index in [4.69, 9.17) is 0 Å². The summed E-state index contributed by atoms with van der Waals surface area (Å²) in [6.45, 7) is 3.41. The van der Waals surface area contributed by atoms with E-state index in [1.54, 1.807) is 19.9 Å². The second kappa shape index (κ2) is 8.08. The summed E-state index contributed by atoms with van der Waals surface area (Å²) in [6, 6.07) is 5.15. The molecule has 0 bridgehead atoms. The number of aryl methyl sites for hydroxylation is 1. The molecule has 0 radical (unpaired) electrons. The molecule has 0 atom stereocenters. The number of sulfonamides is 1. The summed E-state index contributed by atoms with van der Waals surface area (Å²) in [7, 11) is -3.79. The molecular formula is C19H18F2N4O3S. The van der Waals surface area contributed by atoms with Gasteiger partial charge in [-0.3, -0.25) is 9.52 Å². The Labute approximate surface area is 166 Å². The first-order valence-corrected chi connectivity index (χ1v) is 10.4. The third-order valence-electron chi connectivity index (χ3n) is 4.06. The van der Waals surface area contributed by atoms with Crippen LogP contribution in [0.25, 0.3) is 10.9 Å². The summed E-state index contributed by atoms with van der Waals surface area (Å²) in [5, 5.41) is 2.79. The first kappa shape index (κ1) is 20.6. The van der Waals surface area contributed by atoms with E-state index in [1.165, 1.54) is 18.6 Å². The molecule has 0 saturated carbocycles. The number of halogens is 2. The van der Waals surface area contributed by atoms with Crippen LogP contribution in [0, 0.1) is 18.6 Å². The van der Waals surface area contributed by atoms with Crippen molar-refractivity contribution in [2.75, 3.05) is 15.8 Å². The number of nitrogens with one attached hydrogen (secondary N) is 2. The van der Waals surface area contributed by atoms with E-state index in [0.717, 1.165) is 17.7 Å². The molecule has 1 heterocycles. The average Bonchev–Trinajstić information content (AvgIpc) is 2.66. The van der Waals surface area contributed by atoms with Crippen LogP contribution in [0.2, 0.25) is 0 Å². The van der Waals surface area contributed by atoms with Crippen LogP contribution < -0.4 is 10.0 Å². The summed E-state index contributed by atoms with van der Waals surface area (Å²) < 4.78 is 54.9. The van der Waals surface area contributed by atoms with Gasteiger partial charge in [-0.1, -0.05) is 6.92 Å². The fourth-order valence-corrected chi connectivity index (χ4v) is 3.97. The fraction of sp³-hybridized carbons (Fsp3) is 0.211. The molecule has 2 aromatic carbocycles. The van der Waals surface area contributed by atoms with Crippen molar-refractivity contribution in [3.63, 3.8) is 0 Å². The Morgan fingerprint density at radius 1 is 1.21 bits per heavy atom. The van der Waals surface area contributed by atoms with Crippen LogP contribution in [0.5, 0.6) is 0 Å². The summed E-state index contributed by atoms with van der Waals surface area (Å²) in [4.78, 5) is 20.7. The Balaban J connectivity index is 1.99. The first-order chi connectivity index (χ1) is 13.7. The van der Waals surface area contributed by atoms with Crippen molar-refractivity contribution in [1.82, 2.24) is 9.97 Å². The van der Waals surface area contributed by atoms with E-state index in [1.807, 2.05) is 0 Å². The lowest BCUT2D eigenvalue weighted by Gasteiger charge is -2.13. The zero-order valence-corrected chi connectivity index (χ0v) is 16.5. The standard InChI is InChI=1S/C19H18F2N4O3S/c1-3-6-29(27,28)25-15-5-4-14(20)18(16(15)21)24-19(26)13-8-11(2)7-12-9-22-10-23-17(12)13/h4-5,7-10,25H,3,6H2,1-2H3,(H,24,26). The van der Waals surface area contributed by atoms with Gasteiger partial charge in [-0.05, 0) is 43.2 Å². The Morgan fingerprint density at radius 2 is 1.97 bits per heavy atom. The van der Waals surface area contributed by atoms with Crippen LogP contribution in [-0.2, 0) is 10.0 Å². The van der Waals surface area contributed by atoms with Gasteiger partial charge in [0.2, 0.25) is 10.0 Å². The minimum atomic E-state index is -3.79. The maximum Gasteiger partial charge on any atom is 0.258 e. The number of benzene rings is 2. The number of hydrogen-bond donors (Lipinski definition) is 2. The summed E-state index contributed by atoms with van der Waals surface area (Å²) in [5.74, 6) is -3.27. The molecule has 1 aromatic heterocycles. The van der Waals surface area contributed by atoms with Crippen LogP contribution >= 0.6 is 0 Å². The second-order valence-electron chi connectivity index (χ2n) is 6.43. The molecule has 0 fully saturated rings. The molecule has 7 nitrogen and oxygen atoms in total. The zero-order valence-electron chi connectivity index (χ0n) is 15.7. The van der Waals surface area contributed by atoms with Crippen molar-refractivity contribution in [3.05, 3.63) is 59.6 Å². The maximum absolute atomic E-state index is 14.8. The molecule has 3 rings (SSSR count). The van der Waals surface area contributed by atoms with Gasteiger partial charge >= 0.3 is 0 Å². The zero-order chi connectivity index (χ0) is 21.2.